The molecule has 0 fully saturated rings. The number of rotatable bonds is 6. The van der Waals surface area contributed by atoms with E-state index in [0.29, 0.717) is 5.75 Å². The lowest BCUT2D eigenvalue weighted by Gasteiger charge is -2.13. The van der Waals surface area contributed by atoms with Crippen molar-refractivity contribution >= 4 is 17.2 Å². The fraction of sp³-hybridized carbons (Fsp3) is 0.200. The fourth-order valence-electron chi connectivity index (χ4n) is 2.02. The molecule has 2 heterocycles. The number of benzene rings is 1. The molecule has 1 unspecified atom stereocenters. The summed E-state index contributed by atoms with van der Waals surface area (Å²) >= 11 is 1.61. The predicted octanol–water partition coefficient (Wildman–Crippen LogP) is 1.98. The van der Waals surface area contributed by atoms with Crippen molar-refractivity contribution in [2.45, 2.75) is 13.0 Å². The summed E-state index contributed by atoms with van der Waals surface area (Å²) in [4.78, 5) is 13.0. The van der Waals surface area contributed by atoms with E-state index in [4.69, 9.17) is 4.74 Å². The number of ether oxygens (including phenoxy) is 1. The van der Waals surface area contributed by atoms with Crippen LogP contribution in [0.5, 0.6) is 5.75 Å². The van der Waals surface area contributed by atoms with E-state index in [0.717, 1.165) is 10.6 Å². The highest BCUT2D eigenvalue weighted by Gasteiger charge is 2.10. The first kappa shape index (κ1) is 15.2. The maximum Gasteiger partial charge on any atom is 0.258 e. The average Bonchev–Trinajstić information content (AvgIpc) is 3.26. The topological polar surface area (TPSA) is 81.9 Å². The molecule has 3 aromatic rings. The van der Waals surface area contributed by atoms with Gasteiger partial charge in [0, 0.05) is 4.88 Å². The number of thiophene rings is 1. The van der Waals surface area contributed by atoms with Gasteiger partial charge in [-0.2, -0.15) is 0 Å². The van der Waals surface area contributed by atoms with Gasteiger partial charge in [-0.1, -0.05) is 6.07 Å². The van der Waals surface area contributed by atoms with Gasteiger partial charge in [0.25, 0.3) is 5.91 Å². The highest BCUT2D eigenvalue weighted by molar-refractivity contribution is 7.10. The summed E-state index contributed by atoms with van der Waals surface area (Å²) in [6, 6.07) is 11.1. The van der Waals surface area contributed by atoms with Crippen LogP contribution in [-0.4, -0.2) is 32.7 Å². The highest BCUT2D eigenvalue weighted by Crippen LogP contribution is 2.18. The van der Waals surface area contributed by atoms with Crippen molar-refractivity contribution in [1.82, 2.24) is 25.5 Å². The van der Waals surface area contributed by atoms with E-state index in [-0.39, 0.29) is 18.6 Å². The van der Waals surface area contributed by atoms with Crippen LogP contribution in [0.1, 0.15) is 17.8 Å². The monoisotopic (exact) mass is 329 g/mol. The number of carbonyl (C=O) groups excluding carboxylic acids is 1. The molecule has 8 heteroatoms. The molecule has 0 bridgehead atoms. The zero-order valence-corrected chi connectivity index (χ0v) is 13.2. The molecule has 0 radical (unpaired) electrons. The molecule has 0 aliphatic rings. The maximum absolute atomic E-state index is 11.9. The maximum atomic E-state index is 11.9. The van der Waals surface area contributed by atoms with Crippen LogP contribution in [0.3, 0.4) is 0 Å². The first-order valence-electron chi connectivity index (χ1n) is 7.01. The zero-order chi connectivity index (χ0) is 16.1. The first-order valence-corrected chi connectivity index (χ1v) is 7.89. The lowest BCUT2D eigenvalue weighted by Crippen LogP contribution is -2.30. The van der Waals surface area contributed by atoms with E-state index in [9.17, 15) is 4.79 Å². The molecule has 3 rings (SSSR count). The van der Waals surface area contributed by atoms with Crippen molar-refractivity contribution in [1.29, 1.82) is 0 Å². The Kier molecular flexibility index (Phi) is 4.62. The standard InChI is InChI=1S/C15H15N5O2S/c1-11(14-3-2-8-23-14)17-15(21)9-22-13-6-4-12(5-7-13)20-10-16-18-19-20/h2-8,10-11H,9H2,1H3,(H,17,21). The van der Waals surface area contributed by atoms with Crippen LogP contribution in [0.15, 0.2) is 48.1 Å². The normalized spacial score (nSPS) is 11.9. The molecule has 0 aliphatic heterocycles. The number of nitrogens with one attached hydrogen (secondary N) is 1. The highest BCUT2D eigenvalue weighted by atomic mass is 32.1. The van der Waals surface area contributed by atoms with Gasteiger partial charge < -0.3 is 10.1 Å². The van der Waals surface area contributed by atoms with E-state index in [1.807, 2.05) is 36.6 Å². The summed E-state index contributed by atoms with van der Waals surface area (Å²) in [5.41, 5.74) is 0.818. The van der Waals surface area contributed by atoms with Gasteiger partial charge in [-0.05, 0) is 53.1 Å². The molecule has 23 heavy (non-hydrogen) atoms. The summed E-state index contributed by atoms with van der Waals surface area (Å²) in [5, 5.41) is 15.8. The van der Waals surface area contributed by atoms with Crippen LogP contribution in [0.4, 0.5) is 0 Å². The van der Waals surface area contributed by atoms with E-state index in [2.05, 4.69) is 20.8 Å². The van der Waals surface area contributed by atoms with Gasteiger partial charge in [-0.3, -0.25) is 4.79 Å². The van der Waals surface area contributed by atoms with Gasteiger partial charge in [0.1, 0.15) is 12.1 Å². The molecule has 2 aromatic heterocycles. The Morgan fingerprint density at radius 1 is 1.35 bits per heavy atom. The SMILES string of the molecule is CC(NC(=O)COc1ccc(-n2cnnn2)cc1)c1cccs1. The van der Waals surface area contributed by atoms with E-state index >= 15 is 0 Å². The molecule has 118 valence electrons. The Morgan fingerprint density at radius 3 is 2.83 bits per heavy atom. The number of nitrogens with zero attached hydrogens (tertiary/aromatic N) is 4. The molecule has 1 aromatic carbocycles. The summed E-state index contributed by atoms with van der Waals surface area (Å²) in [7, 11) is 0. The van der Waals surface area contributed by atoms with Crippen LogP contribution >= 0.6 is 11.3 Å². The van der Waals surface area contributed by atoms with E-state index < -0.39 is 0 Å². The van der Waals surface area contributed by atoms with Crippen molar-refractivity contribution in [2.75, 3.05) is 6.61 Å². The van der Waals surface area contributed by atoms with Crippen LogP contribution < -0.4 is 10.1 Å². The van der Waals surface area contributed by atoms with Crippen molar-refractivity contribution in [3.8, 4) is 11.4 Å². The number of amides is 1. The van der Waals surface area contributed by atoms with Gasteiger partial charge in [0.2, 0.25) is 0 Å². The average molecular weight is 329 g/mol. The zero-order valence-electron chi connectivity index (χ0n) is 12.4. The summed E-state index contributed by atoms with van der Waals surface area (Å²) in [5.74, 6) is 0.455. The molecule has 1 N–H and O–H groups in total. The summed E-state index contributed by atoms with van der Waals surface area (Å²) in [6.45, 7) is 1.92. The van der Waals surface area contributed by atoms with Crippen molar-refractivity contribution in [3.63, 3.8) is 0 Å². The Balaban J connectivity index is 1.51. The molecule has 0 saturated heterocycles. The largest absolute Gasteiger partial charge is 0.484 e. The van der Waals surface area contributed by atoms with Crippen molar-refractivity contribution in [2.24, 2.45) is 0 Å². The minimum absolute atomic E-state index is 0.0201. The molecule has 0 saturated carbocycles. The van der Waals surface area contributed by atoms with E-state index in [1.54, 1.807) is 28.2 Å². The van der Waals surface area contributed by atoms with Crippen LogP contribution in [0.2, 0.25) is 0 Å². The quantitative estimate of drug-likeness (QED) is 0.748. The molecule has 7 nitrogen and oxygen atoms in total. The Labute approximate surface area is 136 Å². The number of hydrogen-bond donors (Lipinski definition) is 1. The minimum Gasteiger partial charge on any atom is -0.484 e. The number of carbonyl (C=O) groups is 1. The summed E-state index contributed by atoms with van der Waals surface area (Å²) in [6.07, 6.45) is 1.51. The molecule has 0 spiro atoms. The summed E-state index contributed by atoms with van der Waals surface area (Å²) < 4.78 is 7.03. The van der Waals surface area contributed by atoms with Gasteiger partial charge in [0.05, 0.1) is 11.7 Å². The van der Waals surface area contributed by atoms with Gasteiger partial charge in [-0.15, -0.1) is 16.4 Å². The van der Waals surface area contributed by atoms with Gasteiger partial charge in [0.15, 0.2) is 6.61 Å². The second kappa shape index (κ2) is 7.01. The molecule has 1 amide bonds. The minimum atomic E-state index is -0.157. The second-order valence-corrected chi connectivity index (χ2v) is 5.82. The second-order valence-electron chi connectivity index (χ2n) is 4.84. The third-order valence-electron chi connectivity index (χ3n) is 3.17. The third-order valence-corrected chi connectivity index (χ3v) is 4.22. The van der Waals surface area contributed by atoms with Crippen LogP contribution in [0, 0.1) is 0 Å². The van der Waals surface area contributed by atoms with E-state index in [1.165, 1.54) is 6.33 Å². The Bertz CT molecular complexity index is 741. The Morgan fingerprint density at radius 2 is 2.17 bits per heavy atom. The number of hydrogen-bond acceptors (Lipinski definition) is 6. The molecular formula is C15H15N5O2S. The molecular weight excluding hydrogens is 314 g/mol. The smallest absolute Gasteiger partial charge is 0.258 e. The van der Waals surface area contributed by atoms with Crippen molar-refractivity contribution in [3.05, 3.63) is 53.0 Å². The number of aromatic nitrogens is 4. The molecule has 0 aliphatic carbocycles. The van der Waals surface area contributed by atoms with Crippen LogP contribution in [0.25, 0.3) is 5.69 Å². The lowest BCUT2D eigenvalue weighted by atomic mass is 10.3. The predicted molar refractivity (Wildman–Crippen MR) is 85.5 cm³/mol. The van der Waals surface area contributed by atoms with Gasteiger partial charge >= 0.3 is 0 Å². The first-order chi connectivity index (χ1) is 11.2. The lowest BCUT2D eigenvalue weighted by molar-refractivity contribution is -0.123. The van der Waals surface area contributed by atoms with Gasteiger partial charge in [-0.25, -0.2) is 4.68 Å². The van der Waals surface area contributed by atoms with Crippen LogP contribution in [-0.2, 0) is 4.79 Å². The fourth-order valence-corrected chi connectivity index (χ4v) is 2.75. The Hall–Kier alpha value is -2.74. The molecule has 1 atom stereocenters. The van der Waals surface area contributed by atoms with Crippen molar-refractivity contribution < 1.29 is 9.53 Å². The third kappa shape index (κ3) is 3.92. The number of tetrazole rings is 1.